The fraction of sp³-hybridized carbons (Fsp3) is 0.188. The molecule has 0 N–H and O–H groups in total. The SMILES string of the molecule is COc1cc(-c2ccc(OS(C)(=O)=O)cc2)c(OC)c(OS(C)(=O)=O)c1-c1ccc(OC/C=C/c2ccccc2)c(OS(C)(=O)=O)c1. The second-order valence-corrected chi connectivity index (χ2v) is 14.8. The molecule has 4 aromatic carbocycles. The van der Waals surface area contributed by atoms with E-state index >= 15 is 0 Å². The summed E-state index contributed by atoms with van der Waals surface area (Å²) >= 11 is 0. The molecule has 0 radical (unpaired) electrons. The molecule has 12 nitrogen and oxygen atoms in total. The van der Waals surface area contributed by atoms with Gasteiger partial charge < -0.3 is 26.8 Å². The van der Waals surface area contributed by atoms with E-state index < -0.39 is 30.4 Å². The molecule has 0 bridgehead atoms. The Morgan fingerprint density at radius 1 is 0.596 bits per heavy atom. The first-order valence-electron chi connectivity index (χ1n) is 13.6. The maximum absolute atomic E-state index is 12.5. The van der Waals surface area contributed by atoms with E-state index in [4.69, 9.17) is 26.8 Å². The van der Waals surface area contributed by atoms with Gasteiger partial charge in [-0.3, -0.25) is 0 Å². The van der Waals surface area contributed by atoms with Crippen LogP contribution in [0.15, 0.2) is 84.9 Å². The number of benzene rings is 4. The van der Waals surface area contributed by atoms with Gasteiger partial charge in [-0.2, -0.15) is 25.3 Å². The molecule has 0 unspecified atom stereocenters. The molecule has 0 aromatic heterocycles. The second kappa shape index (κ2) is 14.4. The van der Waals surface area contributed by atoms with E-state index in [1.165, 1.54) is 50.6 Å². The topological polar surface area (TPSA) is 158 Å². The third-order valence-electron chi connectivity index (χ3n) is 6.19. The number of hydrogen-bond acceptors (Lipinski definition) is 12. The molecule has 0 amide bonds. The standard InChI is InChI=1S/C32H32O12S3/c1-39-29-21-26(23-13-16-25(17-14-23)42-45(3,33)34)31(40-2)32(44-47(5,37)38)30(29)24-15-18-27(28(20-24)43-46(4,35)36)41-19-9-12-22-10-7-6-8-11-22/h6-18,20-21H,19H2,1-5H3/b12-9+. The zero-order valence-corrected chi connectivity index (χ0v) is 28.4. The first-order valence-corrected chi connectivity index (χ1v) is 19.1. The van der Waals surface area contributed by atoms with Crippen LogP contribution in [0.2, 0.25) is 0 Å². The molecular formula is C32H32O12S3. The molecule has 0 saturated heterocycles. The third-order valence-corrected chi connectivity index (χ3v) is 7.64. The van der Waals surface area contributed by atoms with E-state index in [0.717, 1.165) is 24.3 Å². The van der Waals surface area contributed by atoms with Gasteiger partial charge in [0.15, 0.2) is 23.0 Å². The van der Waals surface area contributed by atoms with Gasteiger partial charge in [-0.1, -0.05) is 54.6 Å². The van der Waals surface area contributed by atoms with Crippen LogP contribution in [0, 0.1) is 0 Å². The van der Waals surface area contributed by atoms with E-state index in [9.17, 15) is 25.3 Å². The van der Waals surface area contributed by atoms with Crippen LogP contribution in [-0.4, -0.2) is 64.8 Å². The average molecular weight is 705 g/mol. The molecule has 0 saturated carbocycles. The normalized spacial score (nSPS) is 12.0. The van der Waals surface area contributed by atoms with Crippen LogP contribution in [-0.2, 0) is 30.4 Å². The highest BCUT2D eigenvalue weighted by atomic mass is 32.2. The Kier molecular flexibility index (Phi) is 10.7. The fourth-order valence-corrected chi connectivity index (χ4v) is 5.84. The summed E-state index contributed by atoms with van der Waals surface area (Å²) in [7, 11) is -9.29. The minimum Gasteiger partial charge on any atom is -0.496 e. The van der Waals surface area contributed by atoms with E-state index in [1.807, 2.05) is 36.4 Å². The largest absolute Gasteiger partial charge is 0.496 e. The Hall–Kier alpha value is -4.73. The maximum Gasteiger partial charge on any atom is 0.306 e. The summed E-state index contributed by atoms with van der Waals surface area (Å²) in [5, 5.41) is 0. The summed E-state index contributed by atoms with van der Waals surface area (Å²) in [6, 6.07) is 21.3. The highest BCUT2D eigenvalue weighted by Gasteiger charge is 2.27. The summed E-state index contributed by atoms with van der Waals surface area (Å²) in [5.41, 5.74) is 2.09. The molecule has 0 atom stereocenters. The van der Waals surface area contributed by atoms with Crippen LogP contribution in [0.25, 0.3) is 28.3 Å². The lowest BCUT2D eigenvalue weighted by molar-refractivity contribution is 0.348. The van der Waals surface area contributed by atoms with E-state index in [-0.39, 0.29) is 52.2 Å². The van der Waals surface area contributed by atoms with Gasteiger partial charge in [0.05, 0.1) is 38.6 Å². The number of methoxy groups -OCH3 is 2. The van der Waals surface area contributed by atoms with Crippen LogP contribution < -0.4 is 26.8 Å². The van der Waals surface area contributed by atoms with E-state index in [2.05, 4.69) is 0 Å². The van der Waals surface area contributed by atoms with Gasteiger partial charge in [-0.05, 0) is 53.1 Å². The summed E-state index contributed by atoms with van der Waals surface area (Å²) in [6.07, 6.45) is 6.23. The smallest absolute Gasteiger partial charge is 0.306 e. The van der Waals surface area contributed by atoms with Crippen molar-refractivity contribution in [2.45, 2.75) is 0 Å². The number of hydrogen-bond donors (Lipinski definition) is 0. The molecule has 4 rings (SSSR count). The van der Waals surface area contributed by atoms with Crippen molar-refractivity contribution in [2.24, 2.45) is 0 Å². The van der Waals surface area contributed by atoms with E-state index in [1.54, 1.807) is 18.2 Å². The summed E-state index contributed by atoms with van der Waals surface area (Å²) in [5.74, 6) is -0.162. The van der Waals surface area contributed by atoms with Gasteiger partial charge in [-0.25, -0.2) is 0 Å². The lowest BCUT2D eigenvalue weighted by Crippen LogP contribution is -2.10. The van der Waals surface area contributed by atoms with Crippen LogP contribution in [0.5, 0.6) is 34.5 Å². The van der Waals surface area contributed by atoms with Crippen LogP contribution >= 0.6 is 0 Å². The Morgan fingerprint density at radius 3 is 1.79 bits per heavy atom. The molecular weight excluding hydrogens is 673 g/mol. The molecule has 0 aliphatic carbocycles. The van der Waals surface area contributed by atoms with Crippen LogP contribution in [0.3, 0.4) is 0 Å². The summed E-state index contributed by atoms with van der Waals surface area (Å²) in [4.78, 5) is 0. The van der Waals surface area contributed by atoms with Gasteiger partial charge in [0.25, 0.3) is 0 Å². The van der Waals surface area contributed by atoms with Crippen molar-refractivity contribution in [1.82, 2.24) is 0 Å². The summed E-state index contributed by atoms with van der Waals surface area (Å²) in [6.45, 7) is 0.0800. The van der Waals surface area contributed by atoms with E-state index in [0.29, 0.717) is 11.1 Å². The zero-order valence-electron chi connectivity index (χ0n) is 26.0. The molecule has 4 aromatic rings. The third kappa shape index (κ3) is 9.88. The average Bonchev–Trinajstić information content (AvgIpc) is 2.98. The first kappa shape index (κ1) is 35.1. The minimum absolute atomic E-state index is 0.0139. The van der Waals surface area contributed by atoms with Gasteiger partial charge in [0.2, 0.25) is 0 Å². The van der Waals surface area contributed by atoms with Crippen molar-refractivity contribution in [2.75, 3.05) is 39.6 Å². The lowest BCUT2D eigenvalue weighted by atomic mass is 9.96. The van der Waals surface area contributed by atoms with Gasteiger partial charge >= 0.3 is 30.4 Å². The molecule has 0 spiro atoms. The second-order valence-electron chi connectivity index (χ2n) is 10.0. The van der Waals surface area contributed by atoms with Crippen LogP contribution in [0.1, 0.15) is 5.56 Å². The molecule has 0 heterocycles. The molecule has 15 heteroatoms. The van der Waals surface area contributed by atoms with Gasteiger partial charge in [0.1, 0.15) is 18.1 Å². The Bertz CT molecular complexity index is 2090. The Labute approximate surface area is 274 Å². The maximum atomic E-state index is 12.5. The molecule has 250 valence electrons. The van der Waals surface area contributed by atoms with Crippen molar-refractivity contribution in [3.8, 4) is 56.8 Å². The number of rotatable bonds is 14. The molecule has 0 fully saturated rings. The highest BCUT2D eigenvalue weighted by molar-refractivity contribution is 7.86. The van der Waals surface area contributed by atoms with Crippen molar-refractivity contribution in [1.29, 1.82) is 0 Å². The first-order chi connectivity index (χ1) is 22.1. The molecule has 0 aliphatic heterocycles. The van der Waals surface area contributed by atoms with Crippen molar-refractivity contribution >= 4 is 36.4 Å². The quantitative estimate of drug-likeness (QED) is 0.159. The predicted octanol–water partition coefficient (Wildman–Crippen LogP) is 5.15. The van der Waals surface area contributed by atoms with Gasteiger partial charge in [-0.15, -0.1) is 0 Å². The lowest BCUT2D eigenvalue weighted by Gasteiger charge is -2.21. The van der Waals surface area contributed by atoms with Crippen molar-refractivity contribution < 1.29 is 52.0 Å². The summed E-state index contributed by atoms with van der Waals surface area (Å²) < 4.78 is 105. The Balaban J connectivity index is 1.85. The minimum atomic E-state index is -4.16. The van der Waals surface area contributed by atoms with Crippen molar-refractivity contribution in [3.05, 3.63) is 90.5 Å². The fourth-order valence-electron chi connectivity index (χ4n) is 4.46. The van der Waals surface area contributed by atoms with Gasteiger partial charge in [0, 0.05) is 5.56 Å². The molecule has 0 aliphatic rings. The van der Waals surface area contributed by atoms with Crippen LogP contribution in [0.4, 0.5) is 0 Å². The Morgan fingerprint density at radius 2 is 1.21 bits per heavy atom. The monoisotopic (exact) mass is 704 g/mol. The van der Waals surface area contributed by atoms with Crippen molar-refractivity contribution in [3.63, 3.8) is 0 Å². The zero-order chi connectivity index (χ0) is 34.4. The molecule has 47 heavy (non-hydrogen) atoms. The highest BCUT2D eigenvalue weighted by Crippen LogP contribution is 2.51. The number of ether oxygens (including phenoxy) is 3. The predicted molar refractivity (Wildman–Crippen MR) is 178 cm³/mol.